The van der Waals surface area contributed by atoms with Gasteiger partial charge in [0.15, 0.2) is 0 Å². The van der Waals surface area contributed by atoms with Crippen LogP contribution in [0.3, 0.4) is 0 Å². The Labute approximate surface area is 106 Å². The van der Waals surface area contributed by atoms with Crippen molar-refractivity contribution in [3.63, 3.8) is 0 Å². The van der Waals surface area contributed by atoms with Crippen LogP contribution >= 0.6 is 0 Å². The molecule has 1 aliphatic heterocycles. The van der Waals surface area contributed by atoms with Gasteiger partial charge in [-0.1, -0.05) is 18.2 Å². The molecule has 5 nitrogen and oxygen atoms in total. The summed E-state index contributed by atoms with van der Waals surface area (Å²) < 4.78 is 5.10. The number of carbonyl (C=O) groups excluding carboxylic acids is 2. The Morgan fingerprint density at radius 2 is 2.11 bits per heavy atom. The first-order valence-corrected chi connectivity index (χ1v) is 5.77. The Morgan fingerprint density at radius 1 is 1.39 bits per heavy atom. The normalized spacial score (nSPS) is 19.4. The molecule has 1 heterocycles. The fourth-order valence-corrected chi connectivity index (χ4v) is 2.00. The van der Waals surface area contributed by atoms with Crippen molar-refractivity contribution in [2.24, 2.45) is 0 Å². The smallest absolute Gasteiger partial charge is 0.251 e. The first kappa shape index (κ1) is 12.6. The predicted octanol–water partition coefficient (Wildman–Crippen LogP) is 1.00. The van der Waals surface area contributed by atoms with Crippen molar-refractivity contribution >= 4 is 17.5 Å². The van der Waals surface area contributed by atoms with Gasteiger partial charge in [-0.25, -0.2) is 0 Å². The average molecular weight is 248 g/mol. The highest BCUT2D eigenvalue weighted by Crippen LogP contribution is 2.21. The molecule has 1 unspecified atom stereocenters. The molecule has 1 aromatic carbocycles. The number of anilines is 1. The van der Waals surface area contributed by atoms with E-state index in [4.69, 9.17) is 4.74 Å². The largest absolute Gasteiger partial charge is 0.380 e. The molecule has 0 aliphatic carbocycles. The van der Waals surface area contributed by atoms with Crippen LogP contribution in [0, 0.1) is 0 Å². The monoisotopic (exact) mass is 248 g/mol. The van der Waals surface area contributed by atoms with Gasteiger partial charge in [0.25, 0.3) is 5.91 Å². The Balaban J connectivity index is 2.15. The summed E-state index contributed by atoms with van der Waals surface area (Å²) in [5, 5.41) is 3.11. The van der Waals surface area contributed by atoms with E-state index in [2.05, 4.69) is 5.32 Å². The number of carbonyl (C=O) groups is 2. The number of imide groups is 1. The Kier molecular flexibility index (Phi) is 3.62. The molecule has 1 aromatic rings. The number of nitrogens with one attached hydrogen (secondary N) is 1. The van der Waals surface area contributed by atoms with Gasteiger partial charge >= 0.3 is 0 Å². The standard InChI is InChI=1S/C13H16N2O3/c1-15-12(16)7-11(13(15)17)14-10-6-4-3-5-9(10)8-18-2/h3-6,11,14H,7-8H2,1-2H3. The molecule has 0 radical (unpaired) electrons. The number of hydrogen-bond acceptors (Lipinski definition) is 4. The molecule has 0 aromatic heterocycles. The second-order valence-electron chi connectivity index (χ2n) is 4.28. The minimum atomic E-state index is -0.472. The second-order valence-corrected chi connectivity index (χ2v) is 4.28. The van der Waals surface area contributed by atoms with E-state index in [9.17, 15) is 9.59 Å². The summed E-state index contributed by atoms with van der Waals surface area (Å²) in [6.07, 6.45) is 0.205. The minimum absolute atomic E-state index is 0.151. The van der Waals surface area contributed by atoms with E-state index < -0.39 is 6.04 Å². The lowest BCUT2D eigenvalue weighted by Gasteiger charge is -2.15. The molecule has 1 atom stereocenters. The topological polar surface area (TPSA) is 58.6 Å². The molecule has 0 saturated carbocycles. The zero-order valence-electron chi connectivity index (χ0n) is 10.5. The van der Waals surface area contributed by atoms with Crippen LogP contribution in [0.4, 0.5) is 5.69 Å². The van der Waals surface area contributed by atoms with E-state index in [1.807, 2.05) is 24.3 Å². The fraction of sp³-hybridized carbons (Fsp3) is 0.385. The molecular weight excluding hydrogens is 232 g/mol. The Morgan fingerprint density at radius 3 is 2.72 bits per heavy atom. The van der Waals surface area contributed by atoms with Crippen LogP contribution in [0.15, 0.2) is 24.3 Å². The summed E-state index contributed by atoms with van der Waals surface area (Å²) in [4.78, 5) is 24.4. The van der Waals surface area contributed by atoms with E-state index >= 15 is 0 Å². The number of nitrogens with zero attached hydrogens (tertiary/aromatic N) is 1. The van der Waals surface area contributed by atoms with E-state index in [1.54, 1.807) is 7.11 Å². The molecule has 2 rings (SSSR count). The maximum Gasteiger partial charge on any atom is 0.251 e. The number of benzene rings is 1. The van der Waals surface area contributed by atoms with Gasteiger partial charge in [0.2, 0.25) is 5.91 Å². The maximum absolute atomic E-state index is 11.8. The number of hydrogen-bond donors (Lipinski definition) is 1. The summed E-state index contributed by atoms with van der Waals surface area (Å²) in [7, 11) is 3.13. The zero-order valence-corrected chi connectivity index (χ0v) is 10.5. The molecule has 0 bridgehead atoms. The third-order valence-electron chi connectivity index (χ3n) is 3.03. The van der Waals surface area contributed by atoms with Crippen LogP contribution in [0.2, 0.25) is 0 Å². The van der Waals surface area contributed by atoms with Crippen molar-refractivity contribution in [2.75, 3.05) is 19.5 Å². The van der Waals surface area contributed by atoms with Crippen molar-refractivity contribution in [3.05, 3.63) is 29.8 Å². The number of likely N-dealkylation sites (N-methyl/N-ethyl adjacent to an activating group) is 1. The summed E-state index contributed by atoms with van der Waals surface area (Å²) in [6, 6.07) is 7.13. The van der Waals surface area contributed by atoms with Gasteiger partial charge in [0.1, 0.15) is 6.04 Å². The van der Waals surface area contributed by atoms with Gasteiger partial charge in [0, 0.05) is 25.4 Å². The van der Waals surface area contributed by atoms with Crippen LogP contribution in [0.1, 0.15) is 12.0 Å². The van der Waals surface area contributed by atoms with Crippen LogP contribution in [-0.2, 0) is 20.9 Å². The molecule has 1 saturated heterocycles. The van der Waals surface area contributed by atoms with Crippen LogP contribution in [-0.4, -0.2) is 36.9 Å². The van der Waals surface area contributed by atoms with Crippen molar-refractivity contribution in [1.29, 1.82) is 0 Å². The fourth-order valence-electron chi connectivity index (χ4n) is 2.00. The lowest BCUT2D eigenvalue weighted by molar-refractivity contribution is -0.136. The number of amides is 2. The third kappa shape index (κ3) is 2.36. The summed E-state index contributed by atoms with van der Waals surface area (Å²) >= 11 is 0. The maximum atomic E-state index is 11.8. The minimum Gasteiger partial charge on any atom is -0.380 e. The molecule has 1 aliphatic rings. The van der Waals surface area contributed by atoms with Gasteiger partial charge in [-0.2, -0.15) is 0 Å². The third-order valence-corrected chi connectivity index (χ3v) is 3.03. The van der Waals surface area contributed by atoms with Gasteiger partial charge in [-0.05, 0) is 6.07 Å². The van der Waals surface area contributed by atoms with Gasteiger partial charge < -0.3 is 10.1 Å². The van der Waals surface area contributed by atoms with Crippen molar-refractivity contribution in [2.45, 2.75) is 19.1 Å². The molecular formula is C13H16N2O3. The number of likely N-dealkylation sites (tertiary alicyclic amines) is 1. The molecule has 1 fully saturated rings. The number of rotatable bonds is 4. The predicted molar refractivity (Wildman–Crippen MR) is 67.0 cm³/mol. The van der Waals surface area contributed by atoms with Crippen molar-refractivity contribution < 1.29 is 14.3 Å². The summed E-state index contributed by atoms with van der Waals surface area (Å²) in [5.74, 6) is -0.339. The number of ether oxygens (including phenoxy) is 1. The lowest BCUT2D eigenvalue weighted by atomic mass is 10.1. The van der Waals surface area contributed by atoms with E-state index in [0.717, 1.165) is 16.2 Å². The summed E-state index contributed by atoms with van der Waals surface area (Å²) in [6.45, 7) is 0.466. The first-order chi connectivity index (χ1) is 8.63. The van der Waals surface area contributed by atoms with Crippen LogP contribution in [0.25, 0.3) is 0 Å². The lowest BCUT2D eigenvalue weighted by Crippen LogP contribution is -2.32. The number of methoxy groups -OCH3 is 1. The number of para-hydroxylation sites is 1. The van der Waals surface area contributed by atoms with E-state index in [1.165, 1.54) is 7.05 Å². The highest BCUT2D eigenvalue weighted by Gasteiger charge is 2.36. The Bertz CT molecular complexity index is 473. The molecule has 96 valence electrons. The zero-order chi connectivity index (χ0) is 13.1. The molecule has 5 heteroatoms. The van der Waals surface area contributed by atoms with Crippen LogP contribution in [0.5, 0.6) is 0 Å². The average Bonchev–Trinajstić information content (AvgIpc) is 2.60. The molecule has 18 heavy (non-hydrogen) atoms. The highest BCUT2D eigenvalue weighted by atomic mass is 16.5. The second kappa shape index (κ2) is 5.18. The molecule has 0 spiro atoms. The van der Waals surface area contributed by atoms with Crippen LogP contribution < -0.4 is 5.32 Å². The van der Waals surface area contributed by atoms with Gasteiger partial charge in [-0.3, -0.25) is 14.5 Å². The quantitative estimate of drug-likeness (QED) is 0.808. The molecule has 2 amide bonds. The van der Waals surface area contributed by atoms with E-state index in [0.29, 0.717) is 6.61 Å². The Hall–Kier alpha value is -1.88. The SMILES string of the molecule is COCc1ccccc1NC1CC(=O)N(C)C1=O. The van der Waals surface area contributed by atoms with Crippen molar-refractivity contribution in [3.8, 4) is 0 Å². The highest BCUT2D eigenvalue weighted by molar-refractivity contribution is 6.06. The summed E-state index contributed by atoms with van der Waals surface area (Å²) in [5.41, 5.74) is 1.80. The molecule has 1 N–H and O–H groups in total. The van der Waals surface area contributed by atoms with Gasteiger partial charge in [-0.15, -0.1) is 0 Å². The first-order valence-electron chi connectivity index (χ1n) is 5.77. The van der Waals surface area contributed by atoms with Crippen molar-refractivity contribution in [1.82, 2.24) is 4.90 Å². The van der Waals surface area contributed by atoms with E-state index in [-0.39, 0.29) is 18.2 Å². The van der Waals surface area contributed by atoms with Gasteiger partial charge in [0.05, 0.1) is 13.0 Å².